The van der Waals surface area contributed by atoms with Crippen LogP contribution in [0.2, 0.25) is 0 Å². The SMILES string of the molecule is CC(C)NC(=O)c1ccc2cc(O)cc(S(=O)(=O)O)c2c1. The maximum absolute atomic E-state index is 12.0. The van der Waals surface area contributed by atoms with Gasteiger partial charge in [-0.2, -0.15) is 8.42 Å². The van der Waals surface area contributed by atoms with E-state index < -0.39 is 15.0 Å². The molecule has 112 valence electrons. The molecule has 0 saturated heterocycles. The van der Waals surface area contributed by atoms with Crippen molar-refractivity contribution in [3.63, 3.8) is 0 Å². The van der Waals surface area contributed by atoms with Gasteiger partial charge in [0.25, 0.3) is 16.0 Å². The lowest BCUT2D eigenvalue weighted by Gasteiger charge is -2.10. The van der Waals surface area contributed by atoms with Crippen LogP contribution in [0.5, 0.6) is 5.75 Å². The number of aromatic hydroxyl groups is 1. The highest BCUT2D eigenvalue weighted by atomic mass is 32.2. The number of phenolic OH excluding ortho intramolecular Hbond substituents is 1. The van der Waals surface area contributed by atoms with Gasteiger partial charge in [0.05, 0.1) is 0 Å². The Balaban J connectivity index is 2.67. The molecule has 7 heteroatoms. The number of fused-ring (bicyclic) bond motifs is 1. The Bertz CT molecular complexity index is 811. The molecule has 21 heavy (non-hydrogen) atoms. The van der Waals surface area contributed by atoms with E-state index in [1.165, 1.54) is 24.3 Å². The second-order valence-corrected chi connectivity index (χ2v) is 6.37. The number of carbonyl (C=O) groups excluding carboxylic acids is 1. The van der Waals surface area contributed by atoms with Crippen molar-refractivity contribution in [3.05, 3.63) is 35.9 Å². The van der Waals surface area contributed by atoms with Gasteiger partial charge in [0.1, 0.15) is 10.6 Å². The van der Waals surface area contributed by atoms with E-state index in [0.29, 0.717) is 5.39 Å². The molecule has 0 aliphatic carbocycles. The fourth-order valence-electron chi connectivity index (χ4n) is 2.01. The third-order valence-electron chi connectivity index (χ3n) is 2.86. The minimum atomic E-state index is -4.51. The molecule has 0 spiro atoms. The second kappa shape index (κ2) is 5.34. The van der Waals surface area contributed by atoms with Crippen LogP contribution < -0.4 is 5.32 Å². The third kappa shape index (κ3) is 3.32. The molecule has 0 saturated carbocycles. The minimum Gasteiger partial charge on any atom is -0.508 e. The topological polar surface area (TPSA) is 104 Å². The van der Waals surface area contributed by atoms with E-state index in [1.807, 2.05) is 0 Å². The van der Waals surface area contributed by atoms with Crippen LogP contribution in [0.4, 0.5) is 0 Å². The van der Waals surface area contributed by atoms with E-state index in [9.17, 15) is 22.9 Å². The van der Waals surface area contributed by atoms with Crippen LogP contribution in [0.25, 0.3) is 10.8 Å². The Morgan fingerprint density at radius 2 is 1.86 bits per heavy atom. The molecular formula is C14H15NO5S. The summed E-state index contributed by atoms with van der Waals surface area (Å²) in [6.07, 6.45) is 0. The van der Waals surface area contributed by atoms with Gasteiger partial charge in [-0.25, -0.2) is 0 Å². The summed E-state index contributed by atoms with van der Waals surface area (Å²) in [5.74, 6) is -0.629. The predicted octanol–water partition coefficient (Wildman–Crippen LogP) is 1.93. The fourth-order valence-corrected chi connectivity index (χ4v) is 2.73. The lowest BCUT2D eigenvalue weighted by molar-refractivity contribution is 0.0943. The Hall–Kier alpha value is -2.12. The van der Waals surface area contributed by atoms with Crippen molar-refractivity contribution in [1.29, 1.82) is 0 Å². The highest BCUT2D eigenvalue weighted by Gasteiger charge is 2.17. The van der Waals surface area contributed by atoms with E-state index >= 15 is 0 Å². The van der Waals surface area contributed by atoms with Gasteiger partial charge in [0.15, 0.2) is 0 Å². The van der Waals surface area contributed by atoms with Gasteiger partial charge in [0, 0.05) is 23.1 Å². The summed E-state index contributed by atoms with van der Waals surface area (Å²) in [6.45, 7) is 3.61. The second-order valence-electron chi connectivity index (χ2n) is 4.98. The maximum atomic E-state index is 12.0. The average Bonchev–Trinajstić information content (AvgIpc) is 2.35. The number of nitrogens with one attached hydrogen (secondary N) is 1. The van der Waals surface area contributed by atoms with Gasteiger partial charge >= 0.3 is 0 Å². The standard InChI is InChI=1S/C14H15NO5S/c1-8(2)15-14(17)10-4-3-9-5-11(16)7-13(12(9)6-10)21(18,19)20/h3-8,16H,1-2H3,(H,15,17)(H,18,19,20). The molecule has 0 aromatic heterocycles. The van der Waals surface area contributed by atoms with Crippen LogP contribution in [0.1, 0.15) is 24.2 Å². The van der Waals surface area contributed by atoms with E-state index in [1.54, 1.807) is 13.8 Å². The molecule has 0 radical (unpaired) electrons. The monoisotopic (exact) mass is 309 g/mol. The van der Waals surface area contributed by atoms with Crippen molar-refractivity contribution >= 4 is 26.8 Å². The highest BCUT2D eigenvalue weighted by Crippen LogP contribution is 2.29. The first-order chi connectivity index (χ1) is 9.68. The lowest BCUT2D eigenvalue weighted by atomic mass is 10.1. The maximum Gasteiger partial charge on any atom is 0.295 e. The first-order valence-electron chi connectivity index (χ1n) is 6.23. The summed E-state index contributed by atoms with van der Waals surface area (Å²) >= 11 is 0. The number of carbonyl (C=O) groups is 1. The molecule has 2 aromatic carbocycles. The van der Waals surface area contributed by atoms with Gasteiger partial charge in [-0.05, 0) is 37.4 Å². The first-order valence-corrected chi connectivity index (χ1v) is 7.67. The molecule has 0 bridgehead atoms. The minimum absolute atomic E-state index is 0.0611. The Labute approximate surface area is 122 Å². The summed E-state index contributed by atoms with van der Waals surface area (Å²) in [7, 11) is -4.51. The van der Waals surface area contributed by atoms with E-state index in [2.05, 4.69) is 5.32 Å². The number of rotatable bonds is 3. The molecule has 0 atom stereocenters. The molecule has 0 aliphatic rings. The number of hydrogen-bond acceptors (Lipinski definition) is 4. The lowest BCUT2D eigenvalue weighted by Crippen LogP contribution is -2.30. The third-order valence-corrected chi connectivity index (χ3v) is 3.75. The molecule has 6 nitrogen and oxygen atoms in total. The van der Waals surface area contributed by atoms with E-state index in [-0.39, 0.29) is 28.6 Å². The van der Waals surface area contributed by atoms with Crippen LogP contribution in [0.15, 0.2) is 35.2 Å². The van der Waals surface area contributed by atoms with Gasteiger partial charge in [-0.1, -0.05) is 6.07 Å². The van der Waals surface area contributed by atoms with E-state index in [4.69, 9.17) is 0 Å². The molecule has 2 aromatic rings. The molecule has 0 heterocycles. The average molecular weight is 309 g/mol. The molecule has 0 aliphatic heterocycles. The molecule has 1 amide bonds. The molecule has 0 fully saturated rings. The number of benzene rings is 2. The van der Waals surface area contributed by atoms with Crippen molar-refractivity contribution in [3.8, 4) is 5.75 Å². The van der Waals surface area contributed by atoms with Gasteiger partial charge in [-0.15, -0.1) is 0 Å². The van der Waals surface area contributed by atoms with Crippen LogP contribution >= 0.6 is 0 Å². The fraction of sp³-hybridized carbons (Fsp3) is 0.214. The zero-order chi connectivity index (χ0) is 15.8. The van der Waals surface area contributed by atoms with Crippen molar-refractivity contribution in [2.75, 3.05) is 0 Å². The van der Waals surface area contributed by atoms with Crippen molar-refractivity contribution in [2.45, 2.75) is 24.8 Å². The molecule has 2 rings (SSSR count). The van der Waals surface area contributed by atoms with Gasteiger partial charge in [-0.3, -0.25) is 9.35 Å². The van der Waals surface area contributed by atoms with Crippen LogP contribution in [0, 0.1) is 0 Å². The van der Waals surface area contributed by atoms with Gasteiger partial charge in [0.2, 0.25) is 0 Å². The smallest absolute Gasteiger partial charge is 0.295 e. The number of hydrogen-bond donors (Lipinski definition) is 3. The first kappa shape index (κ1) is 15.3. The van der Waals surface area contributed by atoms with Crippen molar-refractivity contribution in [2.24, 2.45) is 0 Å². The van der Waals surface area contributed by atoms with Crippen molar-refractivity contribution < 1.29 is 22.9 Å². The van der Waals surface area contributed by atoms with Crippen molar-refractivity contribution in [1.82, 2.24) is 5.32 Å². The number of phenols is 1. The quantitative estimate of drug-likeness (QED) is 0.752. The number of amides is 1. The van der Waals surface area contributed by atoms with E-state index in [0.717, 1.165) is 6.07 Å². The van der Waals surface area contributed by atoms with Gasteiger partial charge < -0.3 is 10.4 Å². The largest absolute Gasteiger partial charge is 0.508 e. The van der Waals surface area contributed by atoms with Crippen LogP contribution in [-0.2, 0) is 10.1 Å². The highest BCUT2D eigenvalue weighted by molar-refractivity contribution is 7.86. The normalized spacial score (nSPS) is 11.8. The predicted molar refractivity (Wildman–Crippen MR) is 78.0 cm³/mol. The molecular weight excluding hydrogens is 294 g/mol. The Morgan fingerprint density at radius 3 is 2.43 bits per heavy atom. The zero-order valence-corrected chi connectivity index (χ0v) is 12.3. The summed E-state index contributed by atoms with van der Waals surface area (Å²) in [5, 5.41) is 12.8. The summed E-state index contributed by atoms with van der Waals surface area (Å²) in [5.41, 5.74) is 0.270. The van der Waals surface area contributed by atoms with Crippen LogP contribution in [0.3, 0.4) is 0 Å². The Kier molecular flexibility index (Phi) is 3.89. The summed E-state index contributed by atoms with van der Waals surface area (Å²) < 4.78 is 32.1. The molecule has 3 N–H and O–H groups in total. The van der Waals surface area contributed by atoms with Crippen LogP contribution in [-0.4, -0.2) is 30.0 Å². The Morgan fingerprint density at radius 1 is 1.19 bits per heavy atom. The summed E-state index contributed by atoms with van der Waals surface area (Å²) in [4.78, 5) is 11.5. The molecule has 0 unspecified atom stereocenters. The summed E-state index contributed by atoms with van der Waals surface area (Å²) in [6, 6.07) is 6.65. The zero-order valence-electron chi connectivity index (χ0n) is 11.5.